The largest absolute Gasteiger partial charge is 0.392 e. The van der Waals surface area contributed by atoms with Gasteiger partial charge in [0, 0.05) is 22.9 Å². The number of rotatable bonds is 3. The average Bonchev–Trinajstić information content (AvgIpc) is 2.71. The zero-order valence-corrected chi connectivity index (χ0v) is 8.59. The number of H-pyrrole nitrogens is 1. The average molecular weight is 224 g/mol. The molecule has 0 aliphatic rings. The maximum Gasteiger partial charge on any atom is 0.170 e. The van der Waals surface area contributed by atoms with E-state index in [2.05, 4.69) is 9.97 Å². The van der Waals surface area contributed by atoms with Crippen LogP contribution < -0.4 is 0 Å². The molecule has 0 bridgehead atoms. The van der Waals surface area contributed by atoms with Gasteiger partial charge in [-0.3, -0.25) is 0 Å². The molecule has 3 nitrogen and oxygen atoms in total. The van der Waals surface area contributed by atoms with Crippen LogP contribution in [0.3, 0.4) is 0 Å². The van der Waals surface area contributed by atoms with Crippen LogP contribution in [0.4, 0.5) is 4.39 Å². The summed E-state index contributed by atoms with van der Waals surface area (Å²) in [6, 6.07) is 4.69. The number of hydrogen-bond acceptors (Lipinski definition) is 3. The number of aromatic amines is 1. The molecular weight excluding hydrogens is 215 g/mol. The molecule has 78 valence electrons. The van der Waals surface area contributed by atoms with Crippen LogP contribution in [0.1, 0.15) is 5.56 Å². The van der Waals surface area contributed by atoms with Gasteiger partial charge in [-0.2, -0.15) is 0 Å². The maximum atomic E-state index is 13.3. The van der Waals surface area contributed by atoms with Crippen molar-refractivity contribution in [3.63, 3.8) is 0 Å². The van der Waals surface area contributed by atoms with Crippen LogP contribution in [0.2, 0.25) is 0 Å². The summed E-state index contributed by atoms with van der Waals surface area (Å²) in [7, 11) is 0. The lowest BCUT2D eigenvalue weighted by Gasteiger charge is -2.05. The minimum Gasteiger partial charge on any atom is -0.392 e. The van der Waals surface area contributed by atoms with E-state index in [0.717, 1.165) is 0 Å². The first-order valence-corrected chi connectivity index (χ1v) is 5.18. The number of aromatic nitrogens is 2. The summed E-state index contributed by atoms with van der Waals surface area (Å²) >= 11 is 1.29. The Kier molecular flexibility index (Phi) is 3.03. The summed E-state index contributed by atoms with van der Waals surface area (Å²) in [6.45, 7) is -0.310. The van der Waals surface area contributed by atoms with Gasteiger partial charge in [0.2, 0.25) is 0 Å². The van der Waals surface area contributed by atoms with Crippen molar-refractivity contribution in [1.82, 2.24) is 9.97 Å². The second-order valence-corrected chi connectivity index (χ2v) is 3.90. The first-order chi connectivity index (χ1) is 7.31. The predicted octanol–water partition coefficient (Wildman–Crippen LogP) is 2.19. The van der Waals surface area contributed by atoms with Crippen molar-refractivity contribution < 1.29 is 9.50 Å². The molecule has 15 heavy (non-hydrogen) atoms. The molecule has 2 rings (SSSR count). The summed E-state index contributed by atoms with van der Waals surface area (Å²) in [5.74, 6) is -0.394. The minimum absolute atomic E-state index is 0.305. The molecule has 0 amide bonds. The number of imidazole rings is 1. The fourth-order valence-electron chi connectivity index (χ4n) is 1.20. The van der Waals surface area contributed by atoms with Crippen molar-refractivity contribution >= 4 is 11.8 Å². The van der Waals surface area contributed by atoms with Crippen LogP contribution >= 0.6 is 11.8 Å². The molecule has 0 aliphatic carbocycles. The van der Waals surface area contributed by atoms with Crippen molar-refractivity contribution in [3.8, 4) is 0 Å². The van der Waals surface area contributed by atoms with E-state index in [1.807, 2.05) is 0 Å². The smallest absolute Gasteiger partial charge is 0.170 e. The zero-order chi connectivity index (χ0) is 10.7. The van der Waals surface area contributed by atoms with Gasteiger partial charge >= 0.3 is 0 Å². The Morgan fingerprint density at radius 2 is 2.33 bits per heavy atom. The molecule has 0 atom stereocenters. The molecule has 2 N–H and O–H groups in total. The normalized spacial score (nSPS) is 10.5. The molecule has 0 saturated carbocycles. The summed E-state index contributed by atoms with van der Waals surface area (Å²) in [4.78, 5) is 7.60. The Balaban J connectivity index is 2.32. The van der Waals surface area contributed by atoms with E-state index in [4.69, 9.17) is 5.11 Å². The summed E-state index contributed by atoms with van der Waals surface area (Å²) < 4.78 is 13.3. The first kappa shape index (κ1) is 10.2. The van der Waals surface area contributed by atoms with E-state index in [1.165, 1.54) is 17.8 Å². The molecular formula is C10H9FN2OS. The van der Waals surface area contributed by atoms with Gasteiger partial charge in [-0.25, -0.2) is 9.37 Å². The van der Waals surface area contributed by atoms with E-state index in [9.17, 15) is 4.39 Å². The zero-order valence-electron chi connectivity index (χ0n) is 7.77. The van der Waals surface area contributed by atoms with Gasteiger partial charge in [-0.1, -0.05) is 17.8 Å². The van der Waals surface area contributed by atoms with E-state index in [0.29, 0.717) is 15.6 Å². The quantitative estimate of drug-likeness (QED) is 0.840. The Morgan fingerprint density at radius 1 is 1.47 bits per heavy atom. The molecule has 1 aromatic heterocycles. The van der Waals surface area contributed by atoms with Crippen LogP contribution in [0.15, 0.2) is 40.6 Å². The van der Waals surface area contributed by atoms with Crippen LogP contribution in [-0.4, -0.2) is 15.1 Å². The fraction of sp³-hybridized carbons (Fsp3) is 0.100. The molecule has 0 fully saturated rings. The van der Waals surface area contributed by atoms with Crippen LogP contribution in [0.25, 0.3) is 0 Å². The summed E-state index contributed by atoms with van der Waals surface area (Å²) in [5, 5.41) is 9.72. The third-order valence-corrected chi connectivity index (χ3v) is 2.93. The molecule has 0 radical (unpaired) electrons. The number of aliphatic hydroxyl groups excluding tert-OH is 1. The third-order valence-electron chi connectivity index (χ3n) is 1.91. The van der Waals surface area contributed by atoms with Crippen molar-refractivity contribution in [3.05, 3.63) is 42.0 Å². The second kappa shape index (κ2) is 4.46. The van der Waals surface area contributed by atoms with Gasteiger partial charge in [0.25, 0.3) is 0 Å². The molecule has 0 spiro atoms. The summed E-state index contributed by atoms with van der Waals surface area (Å²) in [6.07, 6.45) is 3.32. The number of aliphatic hydroxyl groups is 1. The minimum atomic E-state index is -0.394. The van der Waals surface area contributed by atoms with Gasteiger partial charge in [-0.15, -0.1) is 0 Å². The van der Waals surface area contributed by atoms with Crippen molar-refractivity contribution in [2.45, 2.75) is 16.7 Å². The highest BCUT2D eigenvalue weighted by molar-refractivity contribution is 7.99. The number of nitrogens with zero attached hydrogens (tertiary/aromatic N) is 1. The molecule has 5 heteroatoms. The molecule has 1 heterocycles. The lowest BCUT2D eigenvalue weighted by Crippen LogP contribution is -1.92. The van der Waals surface area contributed by atoms with Gasteiger partial charge in [0.05, 0.1) is 6.61 Å². The summed E-state index contributed by atoms with van der Waals surface area (Å²) in [5.41, 5.74) is 0.305. The number of benzene rings is 1. The molecule has 1 aromatic carbocycles. The van der Waals surface area contributed by atoms with Gasteiger partial charge in [0.15, 0.2) is 5.16 Å². The van der Waals surface area contributed by atoms with E-state index >= 15 is 0 Å². The number of halogens is 1. The SMILES string of the molecule is OCc1c(F)cccc1Sc1ncc[nH]1. The predicted molar refractivity (Wildman–Crippen MR) is 55.0 cm³/mol. The third kappa shape index (κ3) is 2.19. The van der Waals surface area contributed by atoms with E-state index in [1.54, 1.807) is 24.5 Å². The Bertz CT molecular complexity index is 445. The van der Waals surface area contributed by atoms with Crippen LogP contribution in [0.5, 0.6) is 0 Å². The number of nitrogens with one attached hydrogen (secondary N) is 1. The van der Waals surface area contributed by atoms with Gasteiger partial charge in [0.1, 0.15) is 5.82 Å². The highest BCUT2D eigenvalue weighted by Gasteiger charge is 2.09. The van der Waals surface area contributed by atoms with Crippen LogP contribution in [0, 0.1) is 5.82 Å². The van der Waals surface area contributed by atoms with E-state index in [-0.39, 0.29) is 6.61 Å². The van der Waals surface area contributed by atoms with Crippen molar-refractivity contribution in [2.75, 3.05) is 0 Å². The Hall–Kier alpha value is -1.33. The first-order valence-electron chi connectivity index (χ1n) is 4.36. The molecule has 0 saturated heterocycles. The van der Waals surface area contributed by atoms with Crippen molar-refractivity contribution in [1.29, 1.82) is 0 Å². The maximum absolute atomic E-state index is 13.3. The number of hydrogen-bond donors (Lipinski definition) is 2. The topological polar surface area (TPSA) is 48.9 Å². The second-order valence-electron chi connectivity index (χ2n) is 2.87. The lowest BCUT2D eigenvalue weighted by molar-refractivity contribution is 0.272. The fourth-order valence-corrected chi connectivity index (χ4v) is 2.08. The Morgan fingerprint density at radius 3 is 3.00 bits per heavy atom. The van der Waals surface area contributed by atoms with E-state index < -0.39 is 5.82 Å². The standard InChI is InChI=1S/C10H9FN2OS/c11-8-2-1-3-9(7(8)6-14)15-10-12-4-5-13-10/h1-5,14H,6H2,(H,12,13). The van der Waals surface area contributed by atoms with Gasteiger partial charge in [-0.05, 0) is 12.1 Å². The lowest BCUT2D eigenvalue weighted by atomic mass is 10.2. The van der Waals surface area contributed by atoms with Crippen LogP contribution in [-0.2, 0) is 6.61 Å². The van der Waals surface area contributed by atoms with Gasteiger partial charge < -0.3 is 10.1 Å². The highest BCUT2D eigenvalue weighted by atomic mass is 32.2. The Labute approximate surface area is 90.4 Å². The highest BCUT2D eigenvalue weighted by Crippen LogP contribution is 2.29. The molecule has 2 aromatic rings. The molecule has 0 unspecified atom stereocenters. The van der Waals surface area contributed by atoms with Crippen molar-refractivity contribution in [2.24, 2.45) is 0 Å². The molecule has 0 aliphatic heterocycles. The monoisotopic (exact) mass is 224 g/mol.